The van der Waals surface area contributed by atoms with Crippen LogP contribution in [0.3, 0.4) is 0 Å². The summed E-state index contributed by atoms with van der Waals surface area (Å²) in [6, 6.07) is 2.42. The monoisotopic (exact) mass is 410 g/mol. The first kappa shape index (κ1) is 19.2. The first-order chi connectivity index (χ1) is 13.4. The number of hydrogen-bond acceptors (Lipinski definition) is 5. The first-order valence-corrected chi connectivity index (χ1v) is 10.2. The lowest BCUT2D eigenvalue weighted by molar-refractivity contribution is -0.130. The Morgan fingerprint density at radius 2 is 2.18 bits per heavy atom. The number of rotatable bonds is 4. The molecule has 4 unspecified atom stereocenters. The molecule has 7 nitrogen and oxygen atoms in total. The fraction of sp³-hybridized carbons (Fsp3) is 0.632. The van der Waals surface area contributed by atoms with E-state index in [-0.39, 0.29) is 47.5 Å². The summed E-state index contributed by atoms with van der Waals surface area (Å²) in [6.45, 7) is 2.47. The smallest absolute Gasteiger partial charge is 0.415 e. The highest BCUT2D eigenvalue weighted by molar-refractivity contribution is 6.20. The molecule has 1 aliphatic carbocycles. The number of halogens is 2. The largest absolute Gasteiger partial charge is 0.447 e. The van der Waals surface area contributed by atoms with E-state index < -0.39 is 11.9 Å². The molecular weight excluding hydrogens is 387 g/mol. The number of nitrogens with zero attached hydrogens (tertiary/aromatic N) is 2. The second kappa shape index (κ2) is 7.73. The van der Waals surface area contributed by atoms with Crippen LogP contribution in [0.5, 0.6) is 0 Å². The minimum atomic E-state index is -0.539. The van der Waals surface area contributed by atoms with Crippen LogP contribution in [0.25, 0.3) is 0 Å². The Balaban J connectivity index is 1.47. The van der Waals surface area contributed by atoms with Crippen LogP contribution in [0.2, 0.25) is 0 Å². The molecule has 3 aliphatic rings. The Labute approximate surface area is 168 Å². The molecule has 0 bridgehead atoms. The van der Waals surface area contributed by atoms with Gasteiger partial charge in [-0.2, -0.15) is 0 Å². The van der Waals surface area contributed by atoms with Crippen molar-refractivity contribution < 1.29 is 18.7 Å². The van der Waals surface area contributed by atoms with Crippen LogP contribution in [0.4, 0.5) is 20.8 Å². The van der Waals surface area contributed by atoms with Gasteiger partial charge >= 0.3 is 6.09 Å². The number of cyclic esters (lactones) is 1. The maximum atomic E-state index is 14.1. The molecule has 0 radical (unpaired) electrons. The molecule has 4 rings (SSSR count). The Morgan fingerprint density at radius 1 is 1.36 bits per heavy atom. The molecule has 2 amide bonds. The van der Waals surface area contributed by atoms with Crippen molar-refractivity contribution in [3.05, 3.63) is 17.9 Å². The minimum absolute atomic E-state index is 0.00835. The number of ether oxygens (including phenoxy) is 1. The van der Waals surface area contributed by atoms with Gasteiger partial charge in [0.15, 0.2) is 0 Å². The van der Waals surface area contributed by atoms with Gasteiger partial charge in [0.25, 0.3) is 0 Å². The third-order valence-electron chi connectivity index (χ3n) is 5.93. The van der Waals surface area contributed by atoms with Gasteiger partial charge in [0.1, 0.15) is 24.1 Å². The minimum Gasteiger partial charge on any atom is -0.447 e. The lowest BCUT2D eigenvalue weighted by Crippen LogP contribution is -2.55. The fourth-order valence-electron chi connectivity index (χ4n) is 4.44. The van der Waals surface area contributed by atoms with Gasteiger partial charge in [-0.05, 0) is 38.5 Å². The van der Waals surface area contributed by atoms with Crippen LogP contribution in [0.15, 0.2) is 12.1 Å². The third kappa shape index (κ3) is 3.87. The maximum absolute atomic E-state index is 14.1. The van der Waals surface area contributed by atoms with Crippen LogP contribution < -0.4 is 15.5 Å². The number of carbonyl (C=O) groups is 2. The Kier molecular flexibility index (Phi) is 5.31. The highest BCUT2D eigenvalue weighted by Crippen LogP contribution is 2.37. The third-order valence-corrected chi connectivity index (χ3v) is 6.33. The van der Waals surface area contributed by atoms with E-state index in [1.54, 1.807) is 0 Å². The molecule has 3 fully saturated rings. The molecule has 2 N–H and O–H groups in total. The Bertz CT molecular complexity index is 780. The molecule has 1 aromatic heterocycles. The van der Waals surface area contributed by atoms with Gasteiger partial charge in [0.05, 0.1) is 12.5 Å². The molecule has 0 aromatic carbocycles. The van der Waals surface area contributed by atoms with Crippen molar-refractivity contribution in [3.63, 3.8) is 0 Å². The van der Waals surface area contributed by atoms with E-state index >= 15 is 0 Å². The van der Waals surface area contributed by atoms with Gasteiger partial charge in [0.2, 0.25) is 5.91 Å². The van der Waals surface area contributed by atoms with E-state index in [9.17, 15) is 14.0 Å². The lowest BCUT2D eigenvalue weighted by Gasteiger charge is -2.42. The normalized spacial score (nSPS) is 31.0. The van der Waals surface area contributed by atoms with Crippen molar-refractivity contribution in [2.75, 3.05) is 23.4 Å². The molecule has 2 saturated heterocycles. The van der Waals surface area contributed by atoms with Crippen LogP contribution in [-0.4, -0.2) is 47.6 Å². The van der Waals surface area contributed by atoms with E-state index in [0.717, 1.165) is 25.7 Å². The van der Waals surface area contributed by atoms with Crippen molar-refractivity contribution in [2.45, 2.75) is 50.1 Å². The standard InChI is InChI=1S/C19H24ClFN4O3/c1-10(14-7-11-6-12(20)2-3-15(11)23-18(14)26)22-16-8-13(21)9-17(24-16)25-4-5-28-19(25)27/h8-12,14-15H,2-7H2,1H3,(H,22,24)(H,23,26)/t10-,11?,12?,14?,15?/m0/s1. The van der Waals surface area contributed by atoms with Gasteiger partial charge in [-0.15, -0.1) is 11.6 Å². The van der Waals surface area contributed by atoms with E-state index in [0.29, 0.717) is 12.5 Å². The quantitative estimate of drug-likeness (QED) is 0.746. The maximum Gasteiger partial charge on any atom is 0.415 e. The summed E-state index contributed by atoms with van der Waals surface area (Å²) in [5.74, 6) is 0.0875. The van der Waals surface area contributed by atoms with Crippen LogP contribution in [0, 0.1) is 17.7 Å². The van der Waals surface area contributed by atoms with E-state index in [2.05, 4.69) is 15.6 Å². The van der Waals surface area contributed by atoms with E-state index in [1.807, 2.05) is 6.92 Å². The van der Waals surface area contributed by atoms with Crippen molar-refractivity contribution in [1.82, 2.24) is 10.3 Å². The molecule has 3 heterocycles. The second-order valence-electron chi connectivity index (χ2n) is 7.86. The number of aromatic nitrogens is 1. The molecule has 0 spiro atoms. The number of nitrogens with one attached hydrogen (secondary N) is 2. The van der Waals surface area contributed by atoms with Crippen LogP contribution >= 0.6 is 11.6 Å². The van der Waals surface area contributed by atoms with Gasteiger partial charge in [-0.3, -0.25) is 9.69 Å². The van der Waals surface area contributed by atoms with E-state index in [4.69, 9.17) is 16.3 Å². The summed E-state index contributed by atoms with van der Waals surface area (Å²) in [7, 11) is 0. The SMILES string of the molecule is C[C@H](Nc1cc(F)cc(N2CCOC2=O)n1)C1CC2CC(Cl)CCC2NC1=O. The fourth-order valence-corrected chi connectivity index (χ4v) is 4.80. The zero-order valence-electron chi connectivity index (χ0n) is 15.7. The number of fused-ring (bicyclic) bond motifs is 1. The number of piperidine rings is 1. The summed E-state index contributed by atoms with van der Waals surface area (Å²) in [5.41, 5.74) is 0. The predicted molar refractivity (Wildman–Crippen MR) is 103 cm³/mol. The summed E-state index contributed by atoms with van der Waals surface area (Å²) in [4.78, 5) is 30.0. The zero-order chi connectivity index (χ0) is 19.8. The van der Waals surface area contributed by atoms with Crippen molar-refractivity contribution >= 4 is 35.2 Å². The summed E-state index contributed by atoms with van der Waals surface area (Å²) in [5, 5.41) is 6.43. The number of alkyl halides is 1. The second-order valence-corrected chi connectivity index (χ2v) is 8.47. The number of anilines is 2. The van der Waals surface area contributed by atoms with Gasteiger partial charge in [-0.1, -0.05) is 0 Å². The molecule has 152 valence electrons. The average molecular weight is 411 g/mol. The first-order valence-electron chi connectivity index (χ1n) is 9.73. The highest BCUT2D eigenvalue weighted by atomic mass is 35.5. The van der Waals surface area contributed by atoms with Gasteiger partial charge in [-0.25, -0.2) is 14.2 Å². The Morgan fingerprint density at radius 3 is 2.93 bits per heavy atom. The molecule has 5 atom stereocenters. The van der Waals surface area contributed by atoms with Crippen LogP contribution in [-0.2, 0) is 9.53 Å². The van der Waals surface area contributed by atoms with Crippen molar-refractivity contribution in [3.8, 4) is 0 Å². The lowest BCUT2D eigenvalue weighted by atomic mass is 9.74. The topological polar surface area (TPSA) is 83.6 Å². The van der Waals surface area contributed by atoms with Gasteiger partial charge < -0.3 is 15.4 Å². The zero-order valence-corrected chi connectivity index (χ0v) is 16.4. The number of hydrogen-bond donors (Lipinski definition) is 2. The molecule has 1 saturated carbocycles. The number of pyridine rings is 1. The molecule has 1 aromatic rings. The van der Waals surface area contributed by atoms with Crippen molar-refractivity contribution in [2.24, 2.45) is 11.8 Å². The van der Waals surface area contributed by atoms with Crippen molar-refractivity contribution in [1.29, 1.82) is 0 Å². The summed E-state index contributed by atoms with van der Waals surface area (Å²) < 4.78 is 19.0. The summed E-state index contributed by atoms with van der Waals surface area (Å²) in [6.07, 6.45) is 2.95. The predicted octanol–water partition coefficient (Wildman–Crippen LogP) is 2.89. The average Bonchev–Trinajstić information content (AvgIpc) is 3.07. The summed E-state index contributed by atoms with van der Waals surface area (Å²) >= 11 is 6.32. The molecule has 9 heteroatoms. The molecule has 2 aliphatic heterocycles. The van der Waals surface area contributed by atoms with E-state index in [1.165, 1.54) is 17.0 Å². The molecule has 28 heavy (non-hydrogen) atoms. The van der Waals surface area contributed by atoms with Gasteiger partial charge in [0, 0.05) is 29.6 Å². The number of amides is 2. The Hall–Kier alpha value is -2.09. The molecular formula is C19H24ClFN4O3. The van der Waals surface area contributed by atoms with Crippen LogP contribution in [0.1, 0.15) is 32.6 Å². The highest BCUT2D eigenvalue weighted by Gasteiger charge is 2.41. The number of carbonyl (C=O) groups excluding carboxylic acids is 2.